The Kier molecular flexibility index (Phi) is 13.7. The Morgan fingerprint density at radius 1 is 1.00 bits per heavy atom. The maximum absolute atomic E-state index is 5.09. The zero-order valence-electron chi connectivity index (χ0n) is 8.51. The summed E-state index contributed by atoms with van der Waals surface area (Å²) in [7, 11) is 3.32. The minimum atomic E-state index is 0. The van der Waals surface area contributed by atoms with Gasteiger partial charge in [-0.15, -0.1) is 0 Å². The van der Waals surface area contributed by atoms with Crippen molar-refractivity contribution in [2.45, 2.75) is 6.92 Å². The molecule has 0 radical (unpaired) electrons. The third-order valence-electron chi connectivity index (χ3n) is 1.60. The monoisotopic (exact) mass is 246 g/mol. The minimum Gasteiger partial charge on any atom is -1.00 e. The summed E-state index contributed by atoms with van der Waals surface area (Å²) in [5.41, 5.74) is 1.09. The average Bonchev–Trinajstić information content (AvgIpc) is 2.04. The Balaban J connectivity index is -0.000000403. The molecular formula is C9H12Cl2MgO2. The van der Waals surface area contributed by atoms with Crippen LogP contribution in [0.5, 0.6) is 11.5 Å². The maximum Gasteiger partial charge on any atom is 2.00 e. The summed E-state index contributed by atoms with van der Waals surface area (Å²) in [6.07, 6.45) is 0. The third-order valence-corrected chi connectivity index (χ3v) is 1.60. The van der Waals surface area contributed by atoms with Gasteiger partial charge in [-0.25, -0.2) is 0 Å². The topological polar surface area (TPSA) is 18.5 Å². The molecule has 0 saturated heterocycles. The number of ether oxygens (including phenoxy) is 2. The van der Waals surface area contributed by atoms with Crippen molar-refractivity contribution >= 4 is 23.1 Å². The van der Waals surface area contributed by atoms with Crippen LogP contribution in [-0.4, -0.2) is 37.3 Å². The zero-order valence-corrected chi connectivity index (χ0v) is 11.4. The molecule has 76 valence electrons. The molecule has 0 amide bonds. The smallest absolute Gasteiger partial charge is 1.00 e. The summed E-state index contributed by atoms with van der Waals surface area (Å²) in [6, 6.07) is 5.72. The summed E-state index contributed by atoms with van der Waals surface area (Å²) in [5, 5.41) is 0. The molecule has 0 aromatic heterocycles. The molecule has 14 heavy (non-hydrogen) atoms. The van der Waals surface area contributed by atoms with Crippen molar-refractivity contribution in [3.05, 3.63) is 23.8 Å². The molecule has 0 aliphatic carbocycles. The summed E-state index contributed by atoms with van der Waals surface area (Å²) in [4.78, 5) is 0. The number of halogens is 2. The summed E-state index contributed by atoms with van der Waals surface area (Å²) < 4.78 is 10.1. The van der Waals surface area contributed by atoms with Crippen LogP contribution in [-0.2, 0) is 0 Å². The standard InChI is InChI=1S/C9H12O2.2ClH.Mg/c1-7-6-8(10-2)4-5-9(7)11-3;;;/h4-6H,1-3H3;2*1H;/q;;;+2/p-2. The molecule has 0 aliphatic heterocycles. The molecule has 0 unspecified atom stereocenters. The van der Waals surface area contributed by atoms with Crippen molar-refractivity contribution in [3.63, 3.8) is 0 Å². The zero-order chi connectivity index (χ0) is 8.27. The van der Waals surface area contributed by atoms with E-state index in [0.29, 0.717) is 0 Å². The number of benzene rings is 1. The SMILES string of the molecule is COc1ccc(OC)c(C)c1.[Cl-].[Cl-].[Mg+2]. The van der Waals surface area contributed by atoms with Gasteiger partial charge in [-0.1, -0.05) is 0 Å². The Morgan fingerprint density at radius 2 is 1.57 bits per heavy atom. The fourth-order valence-corrected chi connectivity index (χ4v) is 0.978. The summed E-state index contributed by atoms with van der Waals surface area (Å²) >= 11 is 0. The quantitative estimate of drug-likeness (QED) is 0.492. The molecule has 1 rings (SSSR count). The van der Waals surface area contributed by atoms with Gasteiger partial charge in [0.2, 0.25) is 0 Å². The van der Waals surface area contributed by atoms with E-state index in [2.05, 4.69) is 0 Å². The molecule has 0 spiro atoms. The Labute approximate surface area is 113 Å². The van der Waals surface area contributed by atoms with Crippen molar-refractivity contribution < 1.29 is 34.3 Å². The number of hydrogen-bond donors (Lipinski definition) is 0. The van der Waals surface area contributed by atoms with E-state index in [4.69, 9.17) is 9.47 Å². The van der Waals surface area contributed by atoms with Gasteiger partial charge >= 0.3 is 23.1 Å². The fraction of sp³-hybridized carbons (Fsp3) is 0.333. The second-order valence-corrected chi connectivity index (χ2v) is 2.34. The van der Waals surface area contributed by atoms with Crippen LogP contribution in [0.25, 0.3) is 0 Å². The predicted octanol–water partition coefficient (Wildman–Crippen LogP) is -4.36. The van der Waals surface area contributed by atoms with Crippen LogP contribution >= 0.6 is 0 Å². The summed E-state index contributed by atoms with van der Waals surface area (Å²) in [6.45, 7) is 1.99. The molecule has 5 heteroatoms. The third kappa shape index (κ3) is 5.15. The van der Waals surface area contributed by atoms with Gasteiger partial charge in [0.05, 0.1) is 14.2 Å². The van der Waals surface area contributed by atoms with Gasteiger partial charge in [0, 0.05) is 0 Å². The van der Waals surface area contributed by atoms with E-state index in [-0.39, 0.29) is 47.9 Å². The molecular weight excluding hydrogens is 235 g/mol. The summed E-state index contributed by atoms with van der Waals surface area (Å²) in [5.74, 6) is 1.76. The molecule has 0 heterocycles. The maximum atomic E-state index is 5.09. The van der Waals surface area contributed by atoms with Gasteiger partial charge in [0.1, 0.15) is 11.5 Å². The molecule has 0 N–H and O–H groups in total. The largest absolute Gasteiger partial charge is 2.00 e. The molecule has 0 atom stereocenters. The second-order valence-electron chi connectivity index (χ2n) is 2.34. The Bertz CT molecular complexity index is 257. The van der Waals surface area contributed by atoms with Crippen LogP contribution in [0.15, 0.2) is 18.2 Å². The predicted molar refractivity (Wildman–Crippen MR) is 50.0 cm³/mol. The number of methoxy groups -OCH3 is 2. The molecule has 0 bridgehead atoms. The van der Waals surface area contributed by atoms with Crippen LogP contribution < -0.4 is 34.3 Å². The molecule has 1 aromatic rings. The minimum absolute atomic E-state index is 0. The first kappa shape index (κ1) is 19.7. The van der Waals surface area contributed by atoms with Crippen molar-refractivity contribution in [1.82, 2.24) is 0 Å². The second kappa shape index (κ2) is 9.71. The van der Waals surface area contributed by atoms with Gasteiger partial charge in [-0.05, 0) is 30.7 Å². The first-order valence-corrected chi connectivity index (χ1v) is 3.46. The molecule has 0 saturated carbocycles. The van der Waals surface area contributed by atoms with Crippen molar-refractivity contribution in [3.8, 4) is 11.5 Å². The normalized spacial score (nSPS) is 7.36. The first-order chi connectivity index (χ1) is 5.27. The first-order valence-electron chi connectivity index (χ1n) is 3.46. The van der Waals surface area contributed by atoms with Crippen LogP contribution in [0.3, 0.4) is 0 Å². The van der Waals surface area contributed by atoms with Crippen LogP contribution in [0, 0.1) is 6.92 Å². The fourth-order valence-electron chi connectivity index (χ4n) is 0.978. The van der Waals surface area contributed by atoms with Crippen molar-refractivity contribution in [2.24, 2.45) is 0 Å². The van der Waals surface area contributed by atoms with E-state index < -0.39 is 0 Å². The van der Waals surface area contributed by atoms with Gasteiger partial charge in [-0.2, -0.15) is 0 Å². The molecule has 0 fully saturated rings. The number of aryl methyl sites for hydroxylation is 1. The van der Waals surface area contributed by atoms with Gasteiger partial charge in [0.15, 0.2) is 0 Å². The van der Waals surface area contributed by atoms with Gasteiger partial charge < -0.3 is 34.3 Å². The van der Waals surface area contributed by atoms with E-state index in [9.17, 15) is 0 Å². The van der Waals surface area contributed by atoms with Crippen molar-refractivity contribution in [2.75, 3.05) is 14.2 Å². The van der Waals surface area contributed by atoms with E-state index in [1.807, 2.05) is 25.1 Å². The van der Waals surface area contributed by atoms with Crippen LogP contribution in [0.4, 0.5) is 0 Å². The van der Waals surface area contributed by atoms with Crippen molar-refractivity contribution in [1.29, 1.82) is 0 Å². The van der Waals surface area contributed by atoms with Gasteiger partial charge in [-0.3, -0.25) is 0 Å². The van der Waals surface area contributed by atoms with E-state index in [0.717, 1.165) is 17.1 Å². The van der Waals surface area contributed by atoms with E-state index in [1.54, 1.807) is 14.2 Å². The van der Waals surface area contributed by atoms with Crippen LogP contribution in [0.2, 0.25) is 0 Å². The average molecular weight is 247 g/mol. The van der Waals surface area contributed by atoms with E-state index >= 15 is 0 Å². The molecule has 2 nitrogen and oxygen atoms in total. The van der Waals surface area contributed by atoms with E-state index in [1.165, 1.54) is 0 Å². The van der Waals surface area contributed by atoms with Gasteiger partial charge in [0.25, 0.3) is 0 Å². The Hall–Kier alpha value is 0.166. The molecule has 0 aliphatic rings. The number of hydrogen-bond acceptors (Lipinski definition) is 2. The number of rotatable bonds is 2. The molecule has 1 aromatic carbocycles. The van der Waals surface area contributed by atoms with Crippen LogP contribution in [0.1, 0.15) is 5.56 Å². The Morgan fingerprint density at radius 3 is 1.93 bits per heavy atom.